The lowest BCUT2D eigenvalue weighted by atomic mass is 10.1. The van der Waals surface area contributed by atoms with Gasteiger partial charge in [0.25, 0.3) is 0 Å². The summed E-state index contributed by atoms with van der Waals surface area (Å²) in [5.74, 6) is 0.591. The number of phenols is 1. The molecular formula is C15H17FIN3O. The van der Waals surface area contributed by atoms with E-state index in [4.69, 9.17) is 0 Å². The predicted octanol–water partition coefficient (Wildman–Crippen LogP) is 3.83. The number of nitrogens with zero attached hydrogens (tertiary/aromatic N) is 2. The molecule has 0 saturated carbocycles. The Kier molecular flexibility index (Phi) is 4.97. The van der Waals surface area contributed by atoms with Crippen LogP contribution in [-0.2, 0) is 6.42 Å². The van der Waals surface area contributed by atoms with Gasteiger partial charge in [-0.05, 0) is 53.1 Å². The van der Waals surface area contributed by atoms with E-state index in [1.54, 1.807) is 13.1 Å². The summed E-state index contributed by atoms with van der Waals surface area (Å²) in [5, 5.41) is 12.3. The number of phenolic OH excluding ortho intramolecular Hbond substituents is 1. The molecule has 1 aromatic heterocycles. The molecule has 0 fully saturated rings. The number of nitrogens with one attached hydrogen (secondary N) is 1. The van der Waals surface area contributed by atoms with Gasteiger partial charge in [-0.2, -0.15) is 0 Å². The van der Waals surface area contributed by atoms with Crippen LogP contribution in [0.15, 0.2) is 18.2 Å². The van der Waals surface area contributed by atoms with Gasteiger partial charge in [-0.25, -0.2) is 14.4 Å². The third-order valence-electron chi connectivity index (χ3n) is 2.96. The molecule has 0 unspecified atom stereocenters. The van der Waals surface area contributed by atoms with Gasteiger partial charge >= 0.3 is 0 Å². The Morgan fingerprint density at radius 3 is 2.62 bits per heavy atom. The summed E-state index contributed by atoms with van der Waals surface area (Å²) in [6.07, 6.45) is 0.822. The van der Waals surface area contributed by atoms with Crippen molar-refractivity contribution in [1.29, 1.82) is 0 Å². The van der Waals surface area contributed by atoms with Gasteiger partial charge in [-0.3, -0.25) is 0 Å². The normalized spacial score (nSPS) is 11.0. The summed E-state index contributed by atoms with van der Waals surface area (Å²) in [6, 6.07) is 4.17. The van der Waals surface area contributed by atoms with Crippen LogP contribution in [0.2, 0.25) is 0 Å². The van der Waals surface area contributed by atoms with Crippen molar-refractivity contribution >= 4 is 28.4 Å². The molecule has 0 spiro atoms. The van der Waals surface area contributed by atoms with E-state index in [-0.39, 0.29) is 5.75 Å². The van der Waals surface area contributed by atoms with E-state index in [9.17, 15) is 9.50 Å². The summed E-state index contributed by atoms with van der Waals surface area (Å²) in [7, 11) is 1.80. The lowest BCUT2D eigenvalue weighted by Gasteiger charge is -2.13. The second kappa shape index (κ2) is 6.55. The van der Waals surface area contributed by atoms with Gasteiger partial charge < -0.3 is 10.4 Å². The van der Waals surface area contributed by atoms with E-state index in [1.807, 2.05) is 0 Å². The van der Waals surface area contributed by atoms with E-state index < -0.39 is 5.82 Å². The largest absolute Gasteiger partial charge is 0.505 e. The Hall–Kier alpha value is -1.44. The van der Waals surface area contributed by atoms with Crippen LogP contribution in [0.3, 0.4) is 0 Å². The third kappa shape index (κ3) is 3.61. The molecule has 0 saturated heterocycles. The molecule has 0 aliphatic rings. The third-order valence-corrected chi connectivity index (χ3v) is 4.10. The first-order valence-corrected chi connectivity index (χ1v) is 7.73. The van der Waals surface area contributed by atoms with E-state index in [0.29, 0.717) is 17.3 Å². The van der Waals surface area contributed by atoms with Gasteiger partial charge in [0, 0.05) is 12.6 Å². The van der Waals surface area contributed by atoms with Gasteiger partial charge in [-0.15, -0.1) is 0 Å². The smallest absolute Gasteiger partial charge is 0.165 e. The fourth-order valence-corrected chi connectivity index (χ4v) is 2.69. The molecule has 0 aliphatic heterocycles. The SMILES string of the molecule is CNc1nc(-c2ccc(O)c(F)c2)nc(CC(C)C)c1I. The van der Waals surface area contributed by atoms with Gasteiger partial charge in [0.15, 0.2) is 17.4 Å². The monoisotopic (exact) mass is 401 g/mol. The molecule has 112 valence electrons. The van der Waals surface area contributed by atoms with Gasteiger partial charge in [0.1, 0.15) is 5.82 Å². The maximum absolute atomic E-state index is 13.5. The quantitative estimate of drug-likeness (QED) is 0.765. The molecule has 2 N–H and O–H groups in total. The fourth-order valence-electron chi connectivity index (χ4n) is 1.96. The van der Waals surface area contributed by atoms with E-state index in [0.717, 1.165) is 21.5 Å². The zero-order chi connectivity index (χ0) is 15.6. The highest BCUT2D eigenvalue weighted by Crippen LogP contribution is 2.27. The minimum Gasteiger partial charge on any atom is -0.505 e. The predicted molar refractivity (Wildman–Crippen MR) is 89.9 cm³/mol. The van der Waals surface area contributed by atoms with Crippen molar-refractivity contribution in [2.24, 2.45) is 5.92 Å². The first-order chi connectivity index (χ1) is 9.92. The molecule has 2 rings (SSSR count). The lowest BCUT2D eigenvalue weighted by molar-refractivity contribution is 0.432. The van der Waals surface area contributed by atoms with Gasteiger partial charge in [0.05, 0.1) is 9.26 Å². The molecule has 0 radical (unpaired) electrons. The first kappa shape index (κ1) is 15.9. The molecule has 0 aliphatic carbocycles. The van der Waals surface area contributed by atoms with Crippen molar-refractivity contribution in [3.63, 3.8) is 0 Å². The van der Waals surface area contributed by atoms with Crippen LogP contribution < -0.4 is 5.32 Å². The summed E-state index contributed by atoms with van der Waals surface area (Å²) < 4.78 is 14.5. The Bertz CT molecular complexity index is 662. The van der Waals surface area contributed by atoms with Crippen LogP contribution >= 0.6 is 22.6 Å². The second-order valence-electron chi connectivity index (χ2n) is 5.17. The van der Waals surface area contributed by atoms with Crippen LogP contribution in [-0.4, -0.2) is 22.1 Å². The standard InChI is InChI=1S/C15H17FIN3O/c1-8(2)6-11-13(17)15(18-3)20-14(19-11)9-4-5-12(21)10(16)7-9/h4-5,7-8,21H,6H2,1-3H3,(H,18,19,20). The fraction of sp³-hybridized carbons (Fsp3) is 0.333. The molecule has 0 bridgehead atoms. The number of hydrogen-bond acceptors (Lipinski definition) is 4. The molecule has 21 heavy (non-hydrogen) atoms. The average molecular weight is 401 g/mol. The van der Waals surface area contributed by atoms with E-state index in [1.165, 1.54) is 12.1 Å². The van der Waals surface area contributed by atoms with Gasteiger partial charge in [-0.1, -0.05) is 13.8 Å². The number of benzene rings is 1. The maximum Gasteiger partial charge on any atom is 0.165 e. The molecule has 0 amide bonds. The summed E-state index contributed by atoms with van der Waals surface area (Å²) >= 11 is 2.22. The van der Waals surface area contributed by atoms with E-state index >= 15 is 0 Å². The summed E-state index contributed by atoms with van der Waals surface area (Å²) in [4.78, 5) is 8.98. The molecule has 0 atom stereocenters. The van der Waals surface area contributed by atoms with Crippen LogP contribution in [0.1, 0.15) is 19.5 Å². The summed E-state index contributed by atoms with van der Waals surface area (Å²) in [5.41, 5.74) is 1.48. The highest BCUT2D eigenvalue weighted by atomic mass is 127. The van der Waals surface area contributed by atoms with Crippen molar-refractivity contribution in [2.45, 2.75) is 20.3 Å². The number of halogens is 2. The van der Waals surface area contributed by atoms with Crippen LogP contribution in [0, 0.1) is 15.3 Å². The molecule has 1 aromatic carbocycles. The van der Waals surface area contributed by atoms with Crippen molar-refractivity contribution in [1.82, 2.24) is 9.97 Å². The molecule has 6 heteroatoms. The maximum atomic E-state index is 13.5. The minimum atomic E-state index is -0.675. The highest BCUT2D eigenvalue weighted by Gasteiger charge is 2.14. The second-order valence-corrected chi connectivity index (χ2v) is 6.25. The first-order valence-electron chi connectivity index (χ1n) is 6.65. The number of anilines is 1. The van der Waals surface area contributed by atoms with Gasteiger partial charge in [0.2, 0.25) is 0 Å². The molecule has 1 heterocycles. The number of aromatic hydroxyl groups is 1. The van der Waals surface area contributed by atoms with Crippen molar-refractivity contribution < 1.29 is 9.50 Å². The Labute approximate surface area is 137 Å². The lowest BCUT2D eigenvalue weighted by Crippen LogP contribution is -2.08. The minimum absolute atomic E-state index is 0.375. The van der Waals surface area contributed by atoms with Crippen LogP contribution in [0.5, 0.6) is 5.75 Å². The van der Waals surface area contributed by atoms with Crippen molar-refractivity contribution in [3.8, 4) is 17.1 Å². The van der Waals surface area contributed by atoms with Crippen molar-refractivity contribution in [2.75, 3.05) is 12.4 Å². The Morgan fingerprint density at radius 2 is 2.05 bits per heavy atom. The summed E-state index contributed by atoms with van der Waals surface area (Å²) in [6.45, 7) is 4.24. The molecular weight excluding hydrogens is 384 g/mol. The van der Waals surface area contributed by atoms with Crippen LogP contribution in [0.25, 0.3) is 11.4 Å². The highest BCUT2D eigenvalue weighted by molar-refractivity contribution is 14.1. The topological polar surface area (TPSA) is 58.0 Å². The number of hydrogen-bond donors (Lipinski definition) is 2. The van der Waals surface area contributed by atoms with Crippen molar-refractivity contribution in [3.05, 3.63) is 33.3 Å². The molecule has 4 nitrogen and oxygen atoms in total. The van der Waals surface area contributed by atoms with Crippen LogP contribution in [0.4, 0.5) is 10.2 Å². The Morgan fingerprint density at radius 1 is 1.33 bits per heavy atom. The zero-order valence-electron chi connectivity index (χ0n) is 12.1. The number of aromatic nitrogens is 2. The average Bonchev–Trinajstić information content (AvgIpc) is 2.43. The molecule has 2 aromatic rings. The van der Waals surface area contributed by atoms with E-state index in [2.05, 4.69) is 51.7 Å². The Balaban J connectivity index is 2.54. The zero-order valence-corrected chi connectivity index (χ0v) is 14.3. The number of rotatable bonds is 4.